The number of rotatable bonds is 4. The molecule has 0 saturated carbocycles. The third kappa shape index (κ3) is 3.72. The third-order valence-corrected chi connectivity index (χ3v) is 4.18. The number of hydrogen-bond acceptors (Lipinski definition) is 4. The van der Waals surface area contributed by atoms with Crippen LogP contribution in [0.15, 0.2) is 24.3 Å². The quantitative estimate of drug-likeness (QED) is 0.910. The Kier molecular flexibility index (Phi) is 4.90. The van der Waals surface area contributed by atoms with Crippen LogP contribution in [-0.4, -0.2) is 44.4 Å². The zero-order chi connectivity index (χ0) is 13.6. The van der Waals surface area contributed by atoms with Crippen molar-refractivity contribution in [2.45, 2.75) is 25.8 Å². The van der Waals surface area contributed by atoms with Crippen LogP contribution in [0.25, 0.3) is 0 Å². The second-order valence-electron chi connectivity index (χ2n) is 5.65. The van der Waals surface area contributed by atoms with E-state index in [0.29, 0.717) is 0 Å². The van der Waals surface area contributed by atoms with Crippen molar-refractivity contribution >= 4 is 5.69 Å². The van der Waals surface area contributed by atoms with E-state index >= 15 is 0 Å². The molecule has 20 heavy (non-hydrogen) atoms. The monoisotopic (exact) mass is 275 g/mol. The van der Waals surface area contributed by atoms with Gasteiger partial charge in [-0.05, 0) is 30.5 Å². The molecule has 0 aliphatic carbocycles. The Hall–Kier alpha value is -1.10. The summed E-state index contributed by atoms with van der Waals surface area (Å²) in [7, 11) is 0. The predicted octanol–water partition coefficient (Wildman–Crippen LogP) is 2.01. The molecule has 3 rings (SSSR count). The summed E-state index contributed by atoms with van der Waals surface area (Å²) in [6.07, 6.45) is 4.03. The van der Waals surface area contributed by atoms with Crippen molar-refractivity contribution < 1.29 is 4.74 Å². The largest absolute Gasteiger partial charge is 0.378 e. The van der Waals surface area contributed by atoms with Gasteiger partial charge in [-0.15, -0.1) is 0 Å². The minimum absolute atomic E-state index is 0.846. The highest BCUT2D eigenvalue weighted by Gasteiger charge is 2.11. The molecule has 1 aromatic rings. The molecule has 0 aromatic heterocycles. The Morgan fingerprint density at radius 3 is 2.30 bits per heavy atom. The summed E-state index contributed by atoms with van der Waals surface area (Å²) in [5.74, 6) is 0. The van der Waals surface area contributed by atoms with E-state index in [2.05, 4.69) is 39.6 Å². The van der Waals surface area contributed by atoms with Gasteiger partial charge in [-0.2, -0.15) is 0 Å². The topological polar surface area (TPSA) is 27.7 Å². The number of morpholine rings is 1. The lowest BCUT2D eigenvalue weighted by Gasteiger charge is -2.29. The molecular formula is C16H25N3O. The Labute approximate surface area is 121 Å². The zero-order valence-electron chi connectivity index (χ0n) is 12.2. The highest BCUT2D eigenvalue weighted by molar-refractivity contribution is 5.47. The average molecular weight is 275 g/mol. The molecular weight excluding hydrogens is 250 g/mol. The van der Waals surface area contributed by atoms with Crippen LogP contribution >= 0.6 is 0 Å². The first-order valence-electron chi connectivity index (χ1n) is 7.82. The van der Waals surface area contributed by atoms with E-state index in [9.17, 15) is 0 Å². The summed E-state index contributed by atoms with van der Waals surface area (Å²) in [6.45, 7) is 7.01. The van der Waals surface area contributed by atoms with Gasteiger partial charge in [0.15, 0.2) is 0 Å². The van der Waals surface area contributed by atoms with E-state index in [1.165, 1.54) is 43.6 Å². The molecule has 0 bridgehead atoms. The summed E-state index contributed by atoms with van der Waals surface area (Å²) < 4.78 is 5.39. The molecule has 1 N–H and O–H groups in total. The normalized spacial score (nSPS) is 21.1. The fourth-order valence-electron chi connectivity index (χ4n) is 2.90. The van der Waals surface area contributed by atoms with Gasteiger partial charge in [-0.3, -0.25) is 5.43 Å². The highest BCUT2D eigenvalue weighted by Crippen LogP contribution is 2.16. The summed E-state index contributed by atoms with van der Waals surface area (Å²) in [4.78, 5) is 2.39. The van der Waals surface area contributed by atoms with Gasteiger partial charge in [0.1, 0.15) is 0 Å². The molecule has 0 amide bonds. The van der Waals surface area contributed by atoms with Crippen LogP contribution < -0.4 is 10.3 Å². The average Bonchev–Trinajstić information content (AvgIpc) is 2.55. The molecule has 0 radical (unpaired) electrons. The number of hydrogen-bond donors (Lipinski definition) is 1. The number of nitrogens with zero attached hydrogens (tertiary/aromatic N) is 2. The Bertz CT molecular complexity index is 395. The first-order valence-corrected chi connectivity index (χ1v) is 7.82. The molecule has 0 unspecified atom stereocenters. The minimum atomic E-state index is 0.846. The molecule has 110 valence electrons. The van der Waals surface area contributed by atoms with E-state index < -0.39 is 0 Å². The number of piperidine rings is 1. The molecule has 4 heteroatoms. The van der Waals surface area contributed by atoms with Crippen LogP contribution in [0.4, 0.5) is 5.69 Å². The summed E-state index contributed by atoms with van der Waals surface area (Å²) in [5.41, 5.74) is 6.21. The molecule has 2 fully saturated rings. The SMILES string of the molecule is c1cc(N2CCOCC2)ccc1CNN1CCCCC1. The molecule has 0 spiro atoms. The van der Waals surface area contributed by atoms with Gasteiger partial charge in [-0.1, -0.05) is 18.6 Å². The minimum Gasteiger partial charge on any atom is -0.378 e. The fraction of sp³-hybridized carbons (Fsp3) is 0.625. The van der Waals surface area contributed by atoms with Gasteiger partial charge in [0.25, 0.3) is 0 Å². The van der Waals surface area contributed by atoms with Crippen LogP contribution in [-0.2, 0) is 11.3 Å². The standard InChI is InChI=1S/C16H25N3O/c1-2-8-19(9-3-1)17-14-15-4-6-16(7-5-15)18-10-12-20-13-11-18/h4-7,17H,1-3,8-14H2. The van der Waals surface area contributed by atoms with E-state index in [1.807, 2.05) is 0 Å². The van der Waals surface area contributed by atoms with Gasteiger partial charge in [0, 0.05) is 38.4 Å². The van der Waals surface area contributed by atoms with Crippen LogP contribution in [0, 0.1) is 0 Å². The van der Waals surface area contributed by atoms with E-state index in [0.717, 1.165) is 32.8 Å². The zero-order valence-corrected chi connectivity index (χ0v) is 12.2. The number of nitrogens with one attached hydrogen (secondary N) is 1. The van der Waals surface area contributed by atoms with Crippen molar-refractivity contribution in [3.8, 4) is 0 Å². The molecule has 2 saturated heterocycles. The number of hydrazine groups is 1. The molecule has 4 nitrogen and oxygen atoms in total. The lowest BCUT2D eigenvalue weighted by molar-refractivity contribution is 0.122. The first-order chi connectivity index (χ1) is 9.92. The lowest BCUT2D eigenvalue weighted by Crippen LogP contribution is -2.41. The van der Waals surface area contributed by atoms with E-state index in [-0.39, 0.29) is 0 Å². The maximum Gasteiger partial charge on any atom is 0.0642 e. The Morgan fingerprint density at radius 2 is 1.60 bits per heavy atom. The highest BCUT2D eigenvalue weighted by atomic mass is 16.5. The van der Waals surface area contributed by atoms with Crippen molar-refractivity contribution in [2.24, 2.45) is 0 Å². The summed E-state index contributed by atoms with van der Waals surface area (Å²) >= 11 is 0. The van der Waals surface area contributed by atoms with E-state index in [4.69, 9.17) is 4.74 Å². The molecule has 2 heterocycles. The Balaban J connectivity index is 1.50. The molecule has 2 aliphatic heterocycles. The maximum atomic E-state index is 5.39. The first kappa shape index (κ1) is 13.9. The van der Waals surface area contributed by atoms with Crippen molar-refractivity contribution in [2.75, 3.05) is 44.3 Å². The van der Waals surface area contributed by atoms with Gasteiger partial charge in [0.2, 0.25) is 0 Å². The number of ether oxygens (including phenoxy) is 1. The van der Waals surface area contributed by atoms with Crippen LogP contribution in [0.1, 0.15) is 24.8 Å². The summed E-state index contributed by atoms with van der Waals surface area (Å²) in [6, 6.07) is 8.94. The van der Waals surface area contributed by atoms with Crippen molar-refractivity contribution in [3.63, 3.8) is 0 Å². The maximum absolute atomic E-state index is 5.39. The van der Waals surface area contributed by atoms with Crippen molar-refractivity contribution in [1.29, 1.82) is 0 Å². The second kappa shape index (κ2) is 7.07. The van der Waals surface area contributed by atoms with Gasteiger partial charge in [0.05, 0.1) is 13.2 Å². The predicted molar refractivity (Wildman–Crippen MR) is 81.7 cm³/mol. The van der Waals surface area contributed by atoms with Crippen LogP contribution in [0.3, 0.4) is 0 Å². The number of benzene rings is 1. The molecule has 0 atom stereocenters. The third-order valence-electron chi connectivity index (χ3n) is 4.18. The molecule has 1 aromatic carbocycles. The molecule has 2 aliphatic rings. The van der Waals surface area contributed by atoms with Crippen molar-refractivity contribution in [1.82, 2.24) is 10.4 Å². The van der Waals surface area contributed by atoms with Gasteiger partial charge < -0.3 is 9.64 Å². The van der Waals surface area contributed by atoms with Gasteiger partial charge >= 0.3 is 0 Å². The number of anilines is 1. The van der Waals surface area contributed by atoms with Gasteiger partial charge in [-0.25, -0.2) is 5.01 Å². The van der Waals surface area contributed by atoms with E-state index in [1.54, 1.807) is 0 Å². The van der Waals surface area contributed by atoms with Crippen LogP contribution in [0.2, 0.25) is 0 Å². The lowest BCUT2D eigenvalue weighted by atomic mass is 10.1. The van der Waals surface area contributed by atoms with Crippen molar-refractivity contribution in [3.05, 3.63) is 29.8 Å². The van der Waals surface area contributed by atoms with Crippen LogP contribution in [0.5, 0.6) is 0 Å². The summed E-state index contributed by atoms with van der Waals surface area (Å²) in [5, 5.41) is 2.36. The second-order valence-corrected chi connectivity index (χ2v) is 5.65. The smallest absolute Gasteiger partial charge is 0.0642 e. The fourth-order valence-corrected chi connectivity index (χ4v) is 2.90. The Morgan fingerprint density at radius 1 is 0.900 bits per heavy atom.